The molecule has 0 aromatic heterocycles. The fourth-order valence-corrected chi connectivity index (χ4v) is 2.71. The predicted octanol–water partition coefficient (Wildman–Crippen LogP) is 2.72. The molecule has 2 rings (SSSR count). The van der Waals surface area contributed by atoms with Crippen LogP contribution in [0.4, 0.5) is 5.69 Å². The van der Waals surface area contributed by atoms with Crippen LogP contribution in [0, 0.1) is 22.0 Å². The van der Waals surface area contributed by atoms with Gasteiger partial charge < -0.3 is 5.32 Å². The van der Waals surface area contributed by atoms with Gasteiger partial charge in [0.2, 0.25) is 5.91 Å². The van der Waals surface area contributed by atoms with E-state index in [1.807, 2.05) is 0 Å². The van der Waals surface area contributed by atoms with E-state index in [4.69, 9.17) is 0 Å². The second-order valence-electron chi connectivity index (χ2n) is 5.90. The van der Waals surface area contributed by atoms with Crippen LogP contribution < -0.4 is 5.32 Å². The summed E-state index contributed by atoms with van der Waals surface area (Å²) in [5.74, 6) is 0.362. The number of rotatable bonds is 5. The molecule has 1 aromatic carbocycles. The Hall–Kier alpha value is -2.24. The molecule has 1 aliphatic rings. The Morgan fingerprint density at radius 3 is 2.32 bits per heavy atom. The van der Waals surface area contributed by atoms with Crippen LogP contribution in [-0.2, 0) is 4.79 Å². The summed E-state index contributed by atoms with van der Waals surface area (Å²) >= 11 is 0. The maximum absolute atomic E-state index is 12.0. The van der Waals surface area contributed by atoms with E-state index < -0.39 is 4.92 Å². The van der Waals surface area contributed by atoms with Gasteiger partial charge in [0, 0.05) is 23.6 Å². The lowest BCUT2D eigenvalue weighted by Crippen LogP contribution is -2.36. The number of nitro groups is 1. The van der Waals surface area contributed by atoms with Gasteiger partial charge in [-0.3, -0.25) is 19.7 Å². The first-order valence-corrected chi connectivity index (χ1v) is 7.52. The second kappa shape index (κ2) is 7.15. The molecule has 22 heavy (non-hydrogen) atoms. The number of non-ortho nitro benzene ring substituents is 1. The fourth-order valence-electron chi connectivity index (χ4n) is 2.71. The highest BCUT2D eigenvalue weighted by Gasteiger charge is 2.24. The molecule has 6 heteroatoms. The summed E-state index contributed by atoms with van der Waals surface area (Å²) in [4.78, 5) is 34.1. The molecule has 118 valence electrons. The van der Waals surface area contributed by atoms with Crippen molar-refractivity contribution in [1.82, 2.24) is 5.32 Å². The minimum atomic E-state index is -0.514. The van der Waals surface area contributed by atoms with Crippen LogP contribution in [0.5, 0.6) is 0 Å². The number of carbonyl (C=O) groups is 2. The Bertz CT molecular complexity index is 560. The van der Waals surface area contributed by atoms with Crippen molar-refractivity contribution in [1.29, 1.82) is 0 Å². The molecule has 0 bridgehead atoms. The maximum atomic E-state index is 12.0. The van der Waals surface area contributed by atoms with Crippen LogP contribution in [0.15, 0.2) is 24.3 Å². The molecular weight excluding hydrogens is 284 g/mol. The van der Waals surface area contributed by atoms with Crippen molar-refractivity contribution in [2.75, 3.05) is 6.54 Å². The van der Waals surface area contributed by atoms with Gasteiger partial charge in [-0.2, -0.15) is 0 Å². The number of nitrogens with one attached hydrogen (secondary N) is 1. The van der Waals surface area contributed by atoms with Crippen molar-refractivity contribution >= 4 is 17.4 Å². The topological polar surface area (TPSA) is 89.3 Å². The largest absolute Gasteiger partial charge is 0.348 e. The quantitative estimate of drug-likeness (QED) is 0.514. The molecule has 1 aliphatic carbocycles. The van der Waals surface area contributed by atoms with Gasteiger partial charge in [-0.1, -0.05) is 6.92 Å². The zero-order chi connectivity index (χ0) is 16.1. The van der Waals surface area contributed by atoms with Gasteiger partial charge in [0.25, 0.3) is 5.69 Å². The van der Waals surface area contributed by atoms with Crippen LogP contribution >= 0.6 is 0 Å². The van der Waals surface area contributed by atoms with Gasteiger partial charge in [0.15, 0.2) is 5.78 Å². The smallest absolute Gasteiger partial charge is 0.269 e. The minimum Gasteiger partial charge on any atom is -0.348 e. The first kappa shape index (κ1) is 16.1. The lowest BCUT2D eigenvalue weighted by molar-refractivity contribution is -0.384. The summed E-state index contributed by atoms with van der Waals surface area (Å²) in [6.45, 7) is 2.12. The number of nitrogens with zero attached hydrogens (tertiary/aromatic N) is 1. The molecule has 1 saturated carbocycles. The Morgan fingerprint density at radius 1 is 1.18 bits per heavy atom. The Kier molecular flexibility index (Phi) is 5.25. The molecule has 1 N–H and O–H groups in total. The molecular formula is C16H20N2O4. The molecule has 0 atom stereocenters. The highest BCUT2D eigenvalue weighted by Crippen LogP contribution is 2.28. The molecule has 1 fully saturated rings. The Balaban J connectivity index is 1.84. The third-order valence-corrected chi connectivity index (χ3v) is 4.21. The maximum Gasteiger partial charge on any atom is 0.269 e. The number of amides is 1. The van der Waals surface area contributed by atoms with E-state index in [-0.39, 0.29) is 29.8 Å². The lowest BCUT2D eigenvalue weighted by atomic mass is 9.82. The van der Waals surface area contributed by atoms with Gasteiger partial charge >= 0.3 is 0 Å². The zero-order valence-electron chi connectivity index (χ0n) is 12.6. The summed E-state index contributed by atoms with van der Waals surface area (Å²) in [5, 5.41) is 13.2. The number of ketones is 1. The SMILES string of the molecule is CC1CCC(C(=O)NCC(=O)c2ccc([N+](=O)[O-])cc2)CC1. The number of benzene rings is 1. The van der Waals surface area contributed by atoms with Crippen LogP contribution in [0.2, 0.25) is 0 Å². The third kappa shape index (κ3) is 4.13. The first-order valence-electron chi connectivity index (χ1n) is 7.52. The molecule has 0 unspecified atom stereocenters. The number of carbonyl (C=O) groups excluding carboxylic acids is 2. The van der Waals surface area contributed by atoms with Gasteiger partial charge in [-0.05, 0) is 43.7 Å². The van der Waals surface area contributed by atoms with Gasteiger partial charge in [-0.15, -0.1) is 0 Å². The Morgan fingerprint density at radius 2 is 1.77 bits per heavy atom. The van der Waals surface area contributed by atoms with E-state index in [2.05, 4.69) is 12.2 Å². The fraction of sp³-hybridized carbons (Fsp3) is 0.500. The van der Waals surface area contributed by atoms with Crippen molar-refractivity contribution in [2.24, 2.45) is 11.8 Å². The molecule has 0 spiro atoms. The van der Waals surface area contributed by atoms with E-state index in [0.29, 0.717) is 11.5 Å². The highest BCUT2D eigenvalue weighted by molar-refractivity contribution is 5.99. The van der Waals surface area contributed by atoms with E-state index in [0.717, 1.165) is 25.7 Å². The van der Waals surface area contributed by atoms with Crippen LogP contribution in [0.3, 0.4) is 0 Å². The molecule has 0 aliphatic heterocycles. The number of nitro benzene ring substituents is 1. The van der Waals surface area contributed by atoms with Crippen molar-refractivity contribution in [2.45, 2.75) is 32.6 Å². The van der Waals surface area contributed by atoms with Crippen LogP contribution in [0.1, 0.15) is 43.0 Å². The first-order chi connectivity index (χ1) is 10.5. The van der Waals surface area contributed by atoms with E-state index in [1.54, 1.807) is 0 Å². The number of hydrogen-bond acceptors (Lipinski definition) is 4. The highest BCUT2D eigenvalue weighted by atomic mass is 16.6. The average Bonchev–Trinajstić information content (AvgIpc) is 2.53. The number of Topliss-reactive ketones (excluding diaryl/α,β-unsaturated/α-hetero) is 1. The summed E-state index contributed by atoms with van der Waals surface area (Å²) in [6.07, 6.45) is 3.85. The van der Waals surface area contributed by atoms with E-state index in [9.17, 15) is 19.7 Å². The molecule has 0 saturated heterocycles. The van der Waals surface area contributed by atoms with Crippen molar-refractivity contribution in [3.05, 3.63) is 39.9 Å². The van der Waals surface area contributed by atoms with Crippen molar-refractivity contribution < 1.29 is 14.5 Å². The molecule has 0 radical (unpaired) electrons. The van der Waals surface area contributed by atoms with Crippen molar-refractivity contribution in [3.8, 4) is 0 Å². The van der Waals surface area contributed by atoms with Crippen molar-refractivity contribution in [3.63, 3.8) is 0 Å². The average molecular weight is 304 g/mol. The number of hydrogen-bond donors (Lipinski definition) is 1. The molecule has 1 amide bonds. The van der Waals surface area contributed by atoms with Crippen LogP contribution in [-0.4, -0.2) is 23.2 Å². The summed E-state index contributed by atoms with van der Waals surface area (Å²) in [7, 11) is 0. The zero-order valence-corrected chi connectivity index (χ0v) is 12.6. The molecule has 0 heterocycles. The Labute approximate surface area is 129 Å². The predicted molar refractivity (Wildman–Crippen MR) is 81.6 cm³/mol. The van der Waals surface area contributed by atoms with Gasteiger partial charge in [0.05, 0.1) is 11.5 Å². The molecule has 1 aromatic rings. The van der Waals surface area contributed by atoms with Crippen LogP contribution in [0.25, 0.3) is 0 Å². The van der Waals surface area contributed by atoms with Gasteiger partial charge in [0.1, 0.15) is 0 Å². The third-order valence-electron chi connectivity index (χ3n) is 4.21. The standard InChI is InChI=1S/C16H20N2O4/c1-11-2-4-13(5-3-11)16(20)17-10-15(19)12-6-8-14(9-7-12)18(21)22/h6-9,11,13H,2-5,10H2,1H3,(H,17,20). The lowest BCUT2D eigenvalue weighted by Gasteiger charge is -2.25. The summed E-state index contributed by atoms with van der Waals surface area (Å²) in [6, 6.07) is 5.40. The normalized spacial score (nSPS) is 21.1. The summed E-state index contributed by atoms with van der Waals surface area (Å²) in [5.41, 5.74) is 0.306. The summed E-state index contributed by atoms with van der Waals surface area (Å²) < 4.78 is 0. The van der Waals surface area contributed by atoms with E-state index >= 15 is 0 Å². The monoisotopic (exact) mass is 304 g/mol. The minimum absolute atomic E-state index is 0.000797. The van der Waals surface area contributed by atoms with Gasteiger partial charge in [-0.25, -0.2) is 0 Å². The van der Waals surface area contributed by atoms with E-state index in [1.165, 1.54) is 24.3 Å². The molecule has 6 nitrogen and oxygen atoms in total. The second-order valence-corrected chi connectivity index (χ2v) is 5.90.